The number of rotatable bonds is 9. The van der Waals surface area contributed by atoms with Crippen molar-refractivity contribution in [2.24, 2.45) is 0 Å². The molecule has 1 amide bonds. The van der Waals surface area contributed by atoms with Crippen molar-refractivity contribution in [1.82, 2.24) is 4.98 Å². The normalized spacial score (nSPS) is 11.0. The van der Waals surface area contributed by atoms with Gasteiger partial charge in [0.2, 0.25) is 5.91 Å². The lowest BCUT2D eigenvalue weighted by Gasteiger charge is -2.06. The molecule has 0 saturated heterocycles. The third kappa shape index (κ3) is 5.60. The third-order valence-electron chi connectivity index (χ3n) is 4.08. The fraction of sp³-hybridized carbons (Fsp3) is 0.333. The Kier molecular flexibility index (Phi) is 6.92. The maximum Gasteiger partial charge on any atom is 0.224 e. The Labute approximate surface area is 163 Å². The standard InChI is InChI=1S/C21H24N2O3S/c1-15-5-10-18-19(14-15)27-21(23-18)16-6-8-17(9-7-16)22-20(24)4-3-11-26-13-12-25-2/h5-10,14H,3-4,11-13H2,1-2H3,(H,22,24). The molecule has 0 fully saturated rings. The zero-order valence-corrected chi connectivity index (χ0v) is 16.5. The minimum absolute atomic E-state index is 0.00597. The summed E-state index contributed by atoms with van der Waals surface area (Å²) in [4.78, 5) is 16.7. The second kappa shape index (κ2) is 9.60. The molecule has 0 unspecified atom stereocenters. The number of benzene rings is 2. The number of nitrogens with one attached hydrogen (secondary N) is 1. The second-order valence-electron chi connectivity index (χ2n) is 6.32. The molecular weight excluding hydrogens is 360 g/mol. The number of carbonyl (C=O) groups excluding carboxylic acids is 1. The molecule has 6 heteroatoms. The van der Waals surface area contributed by atoms with E-state index in [1.165, 1.54) is 10.3 Å². The van der Waals surface area contributed by atoms with Crippen LogP contribution in [-0.4, -0.2) is 37.8 Å². The highest BCUT2D eigenvalue weighted by Crippen LogP contribution is 2.31. The zero-order valence-electron chi connectivity index (χ0n) is 15.7. The van der Waals surface area contributed by atoms with E-state index < -0.39 is 0 Å². The molecule has 1 N–H and O–H groups in total. The number of hydrogen-bond donors (Lipinski definition) is 1. The van der Waals surface area contributed by atoms with Crippen molar-refractivity contribution in [2.75, 3.05) is 32.2 Å². The summed E-state index contributed by atoms with van der Waals surface area (Å²) >= 11 is 1.68. The van der Waals surface area contributed by atoms with Crippen molar-refractivity contribution in [3.05, 3.63) is 48.0 Å². The number of methoxy groups -OCH3 is 1. The Morgan fingerprint density at radius 3 is 2.70 bits per heavy atom. The maximum atomic E-state index is 12.0. The van der Waals surface area contributed by atoms with E-state index in [4.69, 9.17) is 14.5 Å². The van der Waals surface area contributed by atoms with Crippen molar-refractivity contribution in [3.8, 4) is 10.6 Å². The summed E-state index contributed by atoms with van der Waals surface area (Å²) in [7, 11) is 1.64. The van der Waals surface area contributed by atoms with Crippen molar-refractivity contribution in [1.29, 1.82) is 0 Å². The van der Waals surface area contributed by atoms with Gasteiger partial charge in [-0.3, -0.25) is 4.79 Å². The van der Waals surface area contributed by atoms with Crippen LogP contribution in [0.15, 0.2) is 42.5 Å². The van der Waals surface area contributed by atoms with E-state index in [1.54, 1.807) is 18.4 Å². The van der Waals surface area contributed by atoms with Crippen LogP contribution in [0.2, 0.25) is 0 Å². The molecule has 142 valence electrons. The van der Waals surface area contributed by atoms with E-state index in [0.29, 0.717) is 32.7 Å². The lowest BCUT2D eigenvalue weighted by Crippen LogP contribution is -2.12. The number of carbonyl (C=O) groups is 1. The highest BCUT2D eigenvalue weighted by Gasteiger charge is 2.07. The smallest absolute Gasteiger partial charge is 0.224 e. The lowest BCUT2D eigenvalue weighted by atomic mass is 10.2. The van der Waals surface area contributed by atoms with Gasteiger partial charge < -0.3 is 14.8 Å². The second-order valence-corrected chi connectivity index (χ2v) is 7.36. The summed E-state index contributed by atoms with van der Waals surface area (Å²) < 4.78 is 11.5. The summed E-state index contributed by atoms with van der Waals surface area (Å²) in [6.45, 7) is 3.78. The molecule has 2 aromatic carbocycles. The van der Waals surface area contributed by atoms with Crippen molar-refractivity contribution in [2.45, 2.75) is 19.8 Å². The molecule has 0 spiro atoms. The molecule has 1 aromatic heterocycles. The van der Waals surface area contributed by atoms with Crippen LogP contribution in [0, 0.1) is 6.92 Å². The van der Waals surface area contributed by atoms with E-state index >= 15 is 0 Å². The van der Waals surface area contributed by atoms with E-state index in [9.17, 15) is 4.79 Å². The summed E-state index contributed by atoms with van der Waals surface area (Å²) in [6, 6.07) is 14.1. The van der Waals surface area contributed by atoms with Crippen molar-refractivity contribution < 1.29 is 14.3 Å². The average molecular weight is 385 g/mol. The molecule has 0 aliphatic carbocycles. The monoisotopic (exact) mass is 384 g/mol. The first-order valence-electron chi connectivity index (χ1n) is 9.00. The zero-order chi connectivity index (χ0) is 19.1. The molecular formula is C21H24N2O3S. The Hall–Kier alpha value is -2.28. The Morgan fingerprint density at radius 1 is 1.11 bits per heavy atom. The first kappa shape index (κ1) is 19.5. The minimum Gasteiger partial charge on any atom is -0.382 e. The molecule has 5 nitrogen and oxygen atoms in total. The van der Waals surface area contributed by atoms with Crippen LogP contribution in [0.3, 0.4) is 0 Å². The average Bonchev–Trinajstić information content (AvgIpc) is 3.08. The minimum atomic E-state index is -0.00597. The molecule has 0 bridgehead atoms. The van der Waals surface area contributed by atoms with Crippen LogP contribution in [0.1, 0.15) is 18.4 Å². The van der Waals surface area contributed by atoms with Crippen molar-refractivity contribution >= 4 is 33.1 Å². The van der Waals surface area contributed by atoms with Crippen LogP contribution in [0.25, 0.3) is 20.8 Å². The first-order chi connectivity index (χ1) is 13.2. The molecule has 3 aromatic rings. The van der Waals surface area contributed by atoms with Gasteiger partial charge in [0.1, 0.15) is 5.01 Å². The van der Waals surface area contributed by atoms with Crippen LogP contribution in [0.5, 0.6) is 0 Å². The topological polar surface area (TPSA) is 60.5 Å². The van der Waals surface area contributed by atoms with Gasteiger partial charge in [-0.25, -0.2) is 4.98 Å². The summed E-state index contributed by atoms with van der Waals surface area (Å²) in [6.07, 6.45) is 1.13. The predicted octanol–water partition coefficient (Wildman–Crippen LogP) is 4.65. The first-order valence-corrected chi connectivity index (χ1v) is 9.81. The summed E-state index contributed by atoms with van der Waals surface area (Å²) in [5.74, 6) is -0.00597. The quantitative estimate of drug-likeness (QED) is 0.545. The number of aryl methyl sites for hydroxylation is 1. The number of hydrogen-bond acceptors (Lipinski definition) is 5. The fourth-order valence-electron chi connectivity index (χ4n) is 2.65. The summed E-state index contributed by atoms with van der Waals surface area (Å²) in [5.41, 5.74) is 4.10. The van der Waals surface area contributed by atoms with Crippen LogP contribution < -0.4 is 5.32 Å². The molecule has 1 heterocycles. The molecule has 0 aliphatic heterocycles. The number of thiazole rings is 1. The van der Waals surface area contributed by atoms with Crippen LogP contribution in [0.4, 0.5) is 5.69 Å². The molecule has 0 atom stereocenters. The number of amides is 1. The molecule has 27 heavy (non-hydrogen) atoms. The summed E-state index contributed by atoms with van der Waals surface area (Å²) in [5, 5.41) is 3.91. The fourth-order valence-corrected chi connectivity index (χ4v) is 3.72. The number of nitrogens with zero attached hydrogens (tertiary/aromatic N) is 1. The van der Waals surface area contributed by atoms with Gasteiger partial charge in [-0.15, -0.1) is 11.3 Å². The number of anilines is 1. The number of ether oxygens (including phenoxy) is 2. The van der Waals surface area contributed by atoms with Gasteiger partial charge >= 0.3 is 0 Å². The predicted molar refractivity (Wildman–Crippen MR) is 110 cm³/mol. The van der Waals surface area contributed by atoms with Crippen molar-refractivity contribution in [3.63, 3.8) is 0 Å². The molecule has 0 radical (unpaired) electrons. The van der Waals surface area contributed by atoms with Gasteiger partial charge in [-0.1, -0.05) is 6.07 Å². The van der Waals surface area contributed by atoms with Crippen LogP contribution in [-0.2, 0) is 14.3 Å². The Balaban J connectivity index is 1.53. The van der Waals surface area contributed by atoms with Gasteiger partial charge in [-0.2, -0.15) is 0 Å². The van der Waals surface area contributed by atoms with E-state index in [1.807, 2.05) is 24.3 Å². The van der Waals surface area contributed by atoms with E-state index in [0.717, 1.165) is 21.8 Å². The maximum absolute atomic E-state index is 12.0. The highest BCUT2D eigenvalue weighted by atomic mass is 32.1. The number of aromatic nitrogens is 1. The lowest BCUT2D eigenvalue weighted by molar-refractivity contribution is -0.116. The number of fused-ring (bicyclic) bond motifs is 1. The highest BCUT2D eigenvalue weighted by molar-refractivity contribution is 7.21. The van der Waals surface area contributed by atoms with Gasteiger partial charge in [0, 0.05) is 31.4 Å². The molecule has 0 saturated carbocycles. The van der Waals surface area contributed by atoms with Gasteiger partial charge in [0.15, 0.2) is 0 Å². The van der Waals surface area contributed by atoms with Gasteiger partial charge in [0.05, 0.1) is 23.4 Å². The van der Waals surface area contributed by atoms with E-state index in [2.05, 4.69) is 30.4 Å². The Bertz CT molecular complexity index is 890. The van der Waals surface area contributed by atoms with Gasteiger partial charge in [-0.05, 0) is 55.3 Å². The third-order valence-corrected chi connectivity index (χ3v) is 5.15. The Morgan fingerprint density at radius 2 is 1.93 bits per heavy atom. The molecule has 3 rings (SSSR count). The van der Waals surface area contributed by atoms with Crippen LogP contribution >= 0.6 is 11.3 Å². The molecule has 0 aliphatic rings. The van der Waals surface area contributed by atoms with Gasteiger partial charge in [0.25, 0.3) is 0 Å². The largest absolute Gasteiger partial charge is 0.382 e. The SMILES string of the molecule is COCCOCCCC(=O)Nc1ccc(-c2nc3ccc(C)cc3s2)cc1. The van der Waals surface area contributed by atoms with E-state index in [-0.39, 0.29) is 5.91 Å².